The monoisotopic (exact) mass is 381 g/mol. The van der Waals surface area contributed by atoms with E-state index in [9.17, 15) is 0 Å². The van der Waals surface area contributed by atoms with Crippen molar-refractivity contribution in [1.29, 1.82) is 0 Å². The average Bonchev–Trinajstić information content (AvgIpc) is 3.44. The molecule has 1 aliphatic heterocycles. The molecule has 1 unspecified atom stereocenters. The van der Waals surface area contributed by atoms with E-state index in [4.69, 9.17) is 15.3 Å². The third-order valence-corrected chi connectivity index (χ3v) is 5.26. The van der Waals surface area contributed by atoms with Crippen molar-refractivity contribution in [3.05, 3.63) is 47.5 Å². The quantitative estimate of drug-likeness (QED) is 0.784. The summed E-state index contributed by atoms with van der Waals surface area (Å²) in [6.07, 6.45) is 2.30. The minimum absolute atomic E-state index is 0.113. The molecule has 0 aromatic heterocycles. The number of nitrogens with one attached hydrogen (secondary N) is 1. The summed E-state index contributed by atoms with van der Waals surface area (Å²) < 4.78 is 5.55. The van der Waals surface area contributed by atoms with Crippen molar-refractivity contribution in [1.82, 2.24) is 10.4 Å². The van der Waals surface area contributed by atoms with Crippen molar-refractivity contribution in [3.8, 4) is 22.6 Å². The molecule has 0 amide bonds. The van der Waals surface area contributed by atoms with Crippen LogP contribution in [0, 0.1) is 5.41 Å². The summed E-state index contributed by atoms with van der Waals surface area (Å²) in [5, 5.41) is 5.46. The van der Waals surface area contributed by atoms with Crippen LogP contribution in [0.25, 0.3) is 11.1 Å². The number of fused-ring (bicyclic) bond motifs is 1. The standard InChI is InChI=1S/C23H31N3O2/c1-23(2,3)14-26-22(24)19-12-16(6-10-21(19)28-26)15-5-9-20(27-4)17(11-15)13-25-18-7-8-18/h5-6,9-12,18,22,25H,7-8,13-14,24H2,1-4H3. The number of rotatable bonds is 6. The lowest BCUT2D eigenvalue weighted by atomic mass is 9.96. The van der Waals surface area contributed by atoms with Crippen LogP contribution in [0.1, 0.15) is 50.9 Å². The maximum atomic E-state index is 6.48. The SMILES string of the molecule is COc1ccc(-c2ccc3c(c2)C(N)N(CC(C)(C)C)O3)cc1CNC1CC1. The first-order valence-corrected chi connectivity index (χ1v) is 10.1. The molecular weight excluding hydrogens is 350 g/mol. The first-order chi connectivity index (χ1) is 13.3. The number of nitrogens with two attached hydrogens (primary N) is 1. The molecule has 1 atom stereocenters. The maximum absolute atomic E-state index is 6.48. The number of hydrogen-bond acceptors (Lipinski definition) is 5. The molecule has 5 nitrogen and oxygen atoms in total. The fourth-order valence-electron chi connectivity index (χ4n) is 3.62. The van der Waals surface area contributed by atoms with Crippen LogP contribution in [-0.4, -0.2) is 24.8 Å². The van der Waals surface area contributed by atoms with E-state index in [0.29, 0.717) is 6.04 Å². The summed E-state index contributed by atoms with van der Waals surface area (Å²) >= 11 is 0. The van der Waals surface area contributed by atoms with Gasteiger partial charge in [0, 0.05) is 30.3 Å². The highest BCUT2D eigenvalue weighted by atomic mass is 16.7. The second-order valence-electron chi connectivity index (χ2n) is 9.11. The molecule has 0 saturated heterocycles. The molecule has 28 heavy (non-hydrogen) atoms. The molecule has 0 spiro atoms. The van der Waals surface area contributed by atoms with Crippen molar-refractivity contribution in [3.63, 3.8) is 0 Å². The molecule has 150 valence electrons. The molecule has 1 heterocycles. The Balaban J connectivity index is 1.58. The lowest BCUT2D eigenvalue weighted by Gasteiger charge is -2.27. The summed E-state index contributed by atoms with van der Waals surface area (Å²) in [6.45, 7) is 8.16. The fourth-order valence-corrected chi connectivity index (χ4v) is 3.62. The van der Waals surface area contributed by atoms with E-state index in [1.165, 1.54) is 18.4 Å². The Bertz CT molecular complexity index is 855. The van der Waals surface area contributed by atoms with Crippen molar-refractivity contribution in [2.75, 3.05) is 13.7 Å². The number of hydroxylamine groups is 2. The van der Waals surface area contributed by atoms with Crippen LogP contribution < -0.4 is 20.6 Å². The van der Waals surface area contributed by atoms with E-state index in [1.54, 1.807) is 7.11 Å². The van der Waals surface area contributed by atoms with Gasteiger partial charge in [0.1, 0.15) is 11.9 Å². The Morgan fingerprint density at radius 3 is 2.54 bits per heavy atom. The maximum Gasteiger partial charge on any atom is 0.153 e. The van der Waals surface area contributed by atoms with E-state index in [-0.39, 0.29) is 11.6 Å². The zero-order valence-corrected chi connectivity index (χ0v) is 17.3. The summed E-state index contributed by atoms with van der Waals surface area (Å²) in [5.41, 5.74) is 11.1. The van der Waals surface area contributed by atoms with E-state index < -0.39 is 0 Å². The minimum atomic E-state index is -0.247. The Morgan fingerprint density at radius 2 is 1.86 bits per heavy atom. The van der Waals surface area contributed by atoms with Crippen molar-refractivity contribution in [2.45, 2.75) is 52.4 Å². The second-order valence-corrected chi connectivity index (χ2v) is 9.11. The molecule has 0 bridgehead atoms. The lowest BCUT2D eigenvalue weighted by molar-refractivity contribution is -0.0906. The van der Waals surface area contributed by atoms with Gasteiger partial charge in [-0.15, -0.1) is 5.06 Å². The Hall–Kier alpha value is -2.08. The van der Waals surface area contributed by atoms with Gasteiger partial charge in [-0.3, -0.25) is 0 Å². The highest BCUT2D eigenvalue weighted by molar-refractivity contribution is 5.68. The molecule has 0 radical (unpaired) electrons. The molecule has 5 heteroatoms. The second kappa shape index (κ2) is 7.39. The van der Waals surface area contributed by atoms with Gasteiger partial charge in [0.15, 0.2) is 5.75 Å². The zero-order chi connectivity index (χ0) is 19.9. The summed E-state index contributed by atoms with van der Waals surface area (Å²) in [6, 6.07) is 13.3. The van der Waals surface area contributed by atoms with Crippen LogP contribution in [-0.2, 0) is 6.54 Å². The van der Waals surface area contributed by atoms with Gasteiger partial charge in [-0.05, 0) is 53.6 Å². The third kappa shape index (κ3) is 4.17. The summed E-state index contributed by atoms with van der Waals surface area (Å²) in [4.78, 5) is 6.00. The molecule has 2 aromatic carbocycles. The topological polar surface area (TPSA) is 59.8 Å². The molecule has 1 aliphatic carbocycles. The normalized spacial score (nSPS) is 19.4. The highest BCUT2D eigenvalue weighted by Gasteiger charge is 2.32. The number of hydrogen-bond donors (Lipinski definition) is 2. The highest BCUT2D eigenvalue weighted by Crippen LogP contribution is 2.39. The van der Waals surface area contributed by atoms with Crippen LogP contribution in [0.3, 0.4) is 0 Å². The predicted octanol–water partition coefficient (Wildman–Crippen LogP) is 4.23. The van der Waals surface area contributed by atoms with Gasteiger partial charge in [0.05, 0.1) is 7.11 Å². The van der Waals surface area contributed by atoms with E-state index in [1.807, 2.05) is 11.1 Å². The first kappa shape index (κ1) is 19.2. The van der Waals surface area contributed by atoms with Crippen LogP contribution in [0.4, 0.5) is 0 Å². The number of methoxy groups -OCH3 is 1. The molecular formula is C23H31N3O2. The molecule has 1 saturated carbocycles. The van der Waals surface area contributed by atoms with Gasteiger partial charge in [0.2, 0.25) is 0 Å². The van der Waals surface area contributed by atoms with Gasteiger partial charge >= 0.3 is 0 Å². The van der Waals surface area contributed by atoms with Crippen LogP contribution >= 0.6 is 0 Å². The lowest BCUT2D eigenvalue weighted by Crippen LogP contribution is -2.38. The van der Waals surface area contributed by atoms with Crippen LogP contribution in [0.2, 0.25) is 0 Å². The fraction of sp³-hybridized carbons (Fsp3) is 0.478. The first-order valence-electron chi connectivity index (χ1n) is 10.1. The zero-order valence-electron chi connectivity index (χ0n) is 17.3. The van der Waals surface area contributed by atoms with E-state index in [0.717, 1.165) is 41.3 Å². The number of ether oxygens (including phenoxy) is 1. The van der Waals surface area contributed by atoms with Gasteiger partial charge < -0.3 is 20.6 Å². The Kier molecular flexibility index (Phi) is 5.08. The van der Waals surface area contributed by atoms with E-state index >= 15 is 0 Å². The molecule has 1 fully saturated rings. The summed E-state index contributed by atoms with van der Waals surface area (Å²) in [7, 11) is 1.73. The minimum Gasteiger partial charge on any atom is -0.496 e. The van der Waals surface area contributed by atoms with Crippen molar-refractivity contribution < 1.29 is 9.57 Å². The average molecular weight is 382 g/mol. The Labute approximate surface area is 167 Å². The number of nitrogens with zero attached hydrogens (tertiary/aromatic N) is 1. The molecule has 4 rings (SSSR count). The largest absolute Gasteiger partial charge is 0.496 e. The van der Waals surface area contributed by atoms with Crippen LogP contribution in [0.5, 0.6) is 11.5 Å². The van der Waals surface area contributed by atoms with E-state index in [2.05, 4.69) is 56.4 Å². The van der Waals surface area contributed by atoms with Crippen molar-refractivity contribution >= 4 is 0 Å². The molecule has 3 N–H and O–H groups in total. The van der Waals surface area contributed by atoms with Gasteiger partial charge in [-0.2, -0.15) is 0 Å². The Morgan fingerprint density at radius 1 is 1.14 bits per heavy atom. The predicted molar refractivity (Wildman–Crippen MR) is 112 cm³/mol. The van der Waals surface area contributed by atoms with Gasteiger partial charge in [-0.25, -0.2) is 0 Å². The number of benzene rings is 2. The smallest absolute Gasteiger partial charge is 0.153 e. The van der Waals surface area contributed by atoms with Gasteiger partial charge in [-0.1, -0.05) is 32.9 Å². The summed E-state index contributed by atoms with van der Waals surface area (Å²) in [5.74, 6) is 1.78. The van der Waals surface area contributed by atoms with Crippen molar-refractivity contribution in [2.24, 2.45) is 11.1 Å². The van der Waals surface area contributed by atoms with Gasteiger partial charge in [0.25, 0.3) is 0 Å². The molecule has 2 aliphatic rings. The van der Waals surface area contributed by atoms with Crippen LogP contribution in [0.15, 0.2) is 36.4 Å². The third-order valence-electron chi connectivity index (χ3n) is 5.26. The molecule has 2 aromatic rings.